The number of benzene rings is 2. The van der Waals surface area contributed by atoms with Crippen molar-refractivity contribution in [3.8, 4) is 17.2 Å². The van der Waals surface area contributed by atoms with Crippen molar-refractivity contribution in [2.45, 2.75) is 6.92 Å². The summed E-state index contributed by atoms with van der Waals surface area (Å²) in [6.45, 7) is 4.82. The van der Waals surface area contributed by atoms with Crippen LogP contribution in [0.15, 0.2) is 24.3 Å². The van der Waals surface area contributed by atoms with Gasteiger partial charge in [0.1, 0.15) is 0 Å². The Morgan fingerprint density at radius 1 is 0.933 bits per heavy atom. The van der Waals surface area contributed by atoms with Gasteiger partial charge in [0, 0.05) is 37.1 Å². The maximum atomic E-state index is 13.0. The molecule has 1 heterocycles. The first-order valence-corrected chi connectivity index (χ1v) is 9.92. The van der Waals surface area contributed by atoms with E-state index in [2.05, 4.69) is 0 Å². The molecule has 1 amide bonds. The van der Waals surface area contributed by atoms with Crippen LogP contribution in [0.5, 0.6) is 17.2 Å². The Bertz CT molecular complexity index is 921. The van der Waals surface area contributed by atoms with Gasteiger partial charge in [-0.25, -0.2) is 0 Å². The molecule has 0 aliphatic carbocycles. The van der Waals surface area contributed by atoms with Crippen LogP contribution in [0, 0.1) is 0 Å². The van der Waals surface area contributed by atoms with Crippen LogP contribution < -0.4 is 14.2 Å². The molecule has 0 spiro atoms. The summed E-state index contributed by atoms with van der Waals surface area (Å²) in [5.74, 6) is 1.35. The fraction of sp³-hybridized carbons (Fsp3) is 0.455. The van der Waals surface area contributed by atoms with E-state index < -0.39 is 0 Å². The second-order valence-electron chi connectivity index (χ2n) is 6.95. The lowest BCUT2D eigenvalue weighted by molar-refractivity contribution is -0.144. The molecule has 3 rings (SSSR count). The van der Waals surface area contributed by atoms with E-state index in [-0.39, 0.29) is 18.4 Å². The number of piperazine rings is 1. The van der Waals surface area contributed by atoms with E-state index in [1.54, 1.807) is 39.2 Å². The van der Waals surface area contributed by atoms with Crippen molar-refractivity contribution in [1.82, 2.24) is 9.80 Å². The molecule has 0 bridgehead atoms. The van der Waals surface area contributed by atoms with Gasteiger partial charge in [0.05, 0.1) is 34.5 Å². The zero-order valence-electron chi connectivity index (χ0n) is 17.9. The Hall–Kier alpha value is -3.00. The number of amides is 1. The van der Waals surface area contributed by atoms with Gasteiger partial charge in [-0.3, -0.25) is 14.5 Å². The molecule has 0 aromatic heterocycles. The number of hydrogen-bond donors (Lipinski definition) is 0. The Morgan fingerprint density at radius 3 is 2.23 bits per heavy atom. The largest absolute Gasteiger partial charge is 0.493 e. The molecular weight excluding hydrogens is 388 g/mol. The van der Waals surface area contributed by atoms with Gasteiger partial charge in [0.2, 0.25) is 5.75 Å². The molecule has 8 nitrogen and oxygen atoms in total. The summed E-state index contributed by atoms with van der Waals surface area (Å²) in [6, 6.07) is 7.34. The minimum atomic E-state index is -0.231. The van der Waals surface area contributed by atoms with Gasteiger partial charge in [-0.1, -0.05) is 0 Å². The van der Waals surface area contributed by atoms with Gasteiger partial charge < -0.3 is 23.8 Å². The van der Waals surface area contributed by atoms with E-state index >= 15 is 0 Å². The van der Waals surface area contributed by atoms with Crippen LogP contribution in [0.4, 0.5) is 0 Å². The van der Waals surface area contributed by atoms with Crippen LogP contribution in [0.3, 0.4) is 0 Å². The number of ether oxygens (including phenoxy) is 4. The zero-order chi connectivity index (χ0) is 21.7. The first-order valence-electron chi connectivity index (χ1n) is 9.92. The van der Waals surface area contributed by atoms with Crippen LogP contribution in [0.1, 0.15) is 17.3 Å². The number of fused-ring (bicyclic) bond motifs is 1. The molecule has 2 aromatic carbocycles. The summed E-state index contributed by atoms with van der Waals surface area (Å²) >= 11 is 0. The number of nitrogens with zero attached hydrogens (tertiary/aromatic N) is 2. The van der Waals surface area contributed by atoms with Crippen molar-refractivity contribution >= 4 is 22.6 Å². The summed E-state index contributed by atoms with van der Waals surface area (Å²) in [4.78, 5) is 28.5. The normalized spacial score (nSPS) is 14.5. The van der Waals surface area contributed by atoms with Crippen LogP contribution in [-0.2, 0) is 9.53 Å². The van der Waals surface area contributed by atoms with Crippen LogP contribution in [0.2, 0.25) is 0 Å². The van der Waals surface area contributed by atoms with Crippen molar-refractivity contribution in [2.24, 2.45) is 0 Å². The van der Waals surface area contributed by atoms with E-state index in [4.69, 9.17) is 18.9 Å². The number of rotatable bonds is 7. The second-order valence-corrected chi connectivity index (χ2v) is 6.95. The Morgan fingerprint density at radius 2 is 1.63 bits per heavy atom. The maximum Gasteiger partial charge on any atom is 0.320 e. The third-order valence-corrected chi connectivity index (χ3v) is 5.21. The van der Waals surface area contributed by atoms with E-state index in [9.17, 15) is 9.59 Å². The maximum absolute atomic E-state index is 13.0. The molecule has 0 unspecified atom stereocenters. The molecule has 8 heteroatoms. The zero-order valence-corrected chi connectivity index (χ0v) is 17.9. The average Bonchev–Trinajstić information content (AvgIpc) is 2.77. The van der Waals surface area contributed by atoms with Gasteiger partial charge in [0.15, 0.2) is 11.5 Å². The van der Waals surface area contributed by atoms with E-state index in [0.717, 1.165) is 10.8 Å². The number of carbonyl (C=O) groups excluding carboxylic acids is 2. The summed E-state index contributed by atoms with van der Waals surface area (Å²) in [5, 5.41) is 1.67. The van der Waals surface area contributed by atoms with Gasteiger partial charge >= 0.3 is 5.97 Å². The third kappa shape index (κ3) is 4.43. The molecule has 1 fully saturated rings. The summed E-state index contributed by atoms with van der Waals surface area (Å²) in [5.41, 5.74) is 0.593. The van der Waals surface area contributed by atoms with E-state index in [0.29, 0.717) is 55.6 Å². The molecule has 0 N–H and O–H groups in total. The Balaban J connectivity index is 1.77. The van der Waals surface area contributed by atoms with Gasteiger partial charge in [-0.15, -0.1) is 0 Å². The molecule has 0 saturated carbocycles. The predicted molar refractivity (Wildman–Crippen MR) is 113 cm³/mol. The lowest BCUT2D eigenvalue weighted by Crippen LogP contribution is -2.50. The van der Waals surface area contributed by atoms with Crippen LogP contribution >= 0.6 is 0 Å². The van der Waals surface area contributed by atoms with Gasteiger partial charge in [-0.05, 0) is 36.6 Å². The average molecular weight is 416 g/mol. The SMILES string of the molecule is CCOC(=O)CN1CCN(C(=O)c2ccc3c(OC)c(OC)c(OC)cc3c2)CC1. The van der Waals surface area contributed by atoms with Crippen molar-refractivity contribution in [1.29, 1.82) is 0 Å². The molecule has 30 heavy (non-hydrogen) atoms. The first kappa shape index (κ1) is 21.7. The minimum absolute atomic E-state index is 0.0403. The summed E-state index contributed by atoms with van der Waals surface area (Å²) in [6.07, 6.45) is 0. The molecule has 1 saturated heterocycles. The molecular formula is C22H28N2O6. The van der Waals surface area contributed by atoms with Crippen molar-refractivity contribution in [3.05, 3.63) is 29.8 Å². The number of carbonyl (C=O) groups is 2. The fourth-order valence-electron chi connectivity index (χ4n) is 3.69. The molecule has 0 atom stereocenters. The Labute approximate surface area is 176 Å². The highest BCUT2D eigenvalue weighted by Gasteiger charge is 2.24. The monoisotopic (exact) mass is 416 g/mol. The highest BCUT2D eigenvalue weighted by molar-refractivity contribution is 6.01. The van der Waals surface area contributed by atoms with Crippen molar-refractivity contribution in [3.63, 3.8) is 0 Å². The van der Waals surface area contributed by atoms with Gasteiger partial charge in [0.25, 0.3) is 5.91 Å². The van der Waals surface area contributed by atoms with Crippen LogP contribution in [0.25, 0.3) is 10.8 Å². The Kier molecular flexibility index (Phi) is 6.99. The third-order valence-electron chi connectivity index (χ3n) is 5.21. The minimum Gasteiger partial charge on any atom is -0.493 e. The lowest BCUT2D eigenvalue weighted by Gasteiger charge is -2.34. The molecule has 1 aliphatic heterocycles. The molecule has 0 radical (unpaired) electrons. The number of methoxy groups -OCH3 is 3. The van der Waals surface area contributed by atoms with Crippen molar-refractivity contribution in [2.75, 3.05) is 60.7 Å². The molecule has 162 valence electrons. The van der Waals surface area contributed by atoms with E-state index in [1.165, 1.54) is 0 Å². The quantitative estimate of drug-likeness (QED) is 0.640. The lowest BCUT2D eigenvalue weighted by atomic mass is 10.0. The summed E-state index contributed by atoms with van der Waals surface area (Å²) < 4.78 is 21.4. The predicted octanol–water partition coefficient (Wildman–Crippen LogP) is 2.19. The van der Waals surface area contributed by atoms with Gasteiger partial charge in [-0.2, -0.15) is 0 Å². The van der Waals surface area contributed by atoms with E-state index in [1.807, 2.05) is 23.1 Å². The number of hydrogen-bond acceptors (Lipinski definition) is 7. The highest BCUT2D eigenvalue weighted by Crippen LogP contribution is 2.43. The van der Waals surface area contributed by atoms with Crippen molar-refractivity contribution < 1.29 is 28.5 Å². The standard InChI is InChI=1S/C22H28N2O6/c1-5-30-19(25)14-23-8-10-24(11-9-23)22(26)15-6-7-17-16(12-15)13-18(27-2)21(29-4)20(17)28-3/h6-7,12-13H,5,8-11,14H2,1-4H3. The molecule has 1 aliphatic rings. The first-order chi connectivity index (χ1) is 14.5. The summed E-state index contributed by atoms with van der Waals surface area (Å²) in [7, 11) is 4.70. The number of esters is 1. The fourth-order valence-corrected chi connectivity index (χ4v) is 3.69. The topological polar surface area (TPSA) is 77.5 Å². The highest BCUT2D eigenvalue weighted by atomic mass is 16.5. The smallest absolute Gasteiger partial charge is 0.320 e. The van der Waals surface area contributed by atoms with Crippen LogP contribution in [-0.4, -0.2) is 82.3 Å². The molecule has 2 aromatic rings. The second kappa shape index (κ2) is 9.67.